The van der Waals surface area contributed by atoms with Crippen molar-refractivity contribution < 1.29 is 4.79 Å². The van der Waals surface area contributed by atoms with Crippen molar-refractivity contribution in [3.05, 3.63) is 89.9 Å². The zero-order valence-corrected chi connectivity index (χ0v) is 12.8. The van der Waals surface area contributed by atoms with E-state index in [0.717, 1.165) is 33.4 Å². The van der Waals surface area contributed by atoms with E-state index in [0.29, 0.717) is 0 Å². The van der Waals surface area contributed by atoms with Gasteiger partial charge in [-0.05, 0) is 24.3 Å². The molecule has 0 radical (unpaired) electrons. The van der Waals surface area contributed by atoms with E-state index in [1.807, 2.05) is 67.0 Å². The Morgan fingerprint density at radius 3 is 2.50 bits per heavy atom. The van der Waals surface area contributed by atoms with Crippen molar-refractivity contribution in [3.63, 3.8) is 0 Å². The van der Waals surface area contributed by atoms with Gasteiger partial charge in [-0.1, -0.05) is 36.4 Å². The SMILES string of the molecule is O=C1Nc2ccccc2C1(c1ccc[nH]1)c1c[nH]c2ccccc12. The Kier molecular flexibility index (Phi) is 2.54. The molecule has 1 amide bonds. The van der Waals surface area contributed by atoms with E-state index in [4.69, 9.17) is 0 Å². The Morgan fingerprint density at radius 2 is 1.62 bits per heavy atom. The van der Waals surface area contributed by atoms with Crippen LogP contribution in [-0.2, 0) is 10.2 Å². The lowest BCUT2D eigenvalue weighted by Gasteiger charge is -2.26. The molecule has 1 atom stereocenters. The van der Waals surface area contributed by atoms with Crippen molar-refractivity contribution in [2.75, 3.05) is 5.32 Å². The minimum Gasteiger partial charge on any atom is -0.364 e. The standard InChI is InChI=1S/C20H15N3O/c24-19-20(18-10-5-11-21-18,14-7-2-4-9-17(14)23-19)15-12-22-16-8-3-1-6-13(15)16/h1-12,21-22H,(H,23,24). The number of hydrogen-bond donors (Lipinski definition) is 3. The molecule has 5 rings (SSSR count). The van der Waals surface area contributed by atoms with Crippen molar-refractivity contribution in [3.8, 4) is 0 Å². The van der Waals surface area contributed by atoms with Gasteiger partial charge in [-0.25, -0.2) is 0 Å². The smallest absolute Gasteiger partial charge is 0.245 e. The Morgan fingerprint density at radius 1 is 0.792 bits per heavy atom. The van der Waals surface area contributed by atoms with Gasteiger partial charge in [0.1, 0.15) is 5.41 Å². The molecule has 1 aliphatic heterocycles. The topological polar surface area (TPSA) is 60.7 Å². The number of hydrogen-bond acceptors (Lipinski definition) is 1. The molecule has 3 N–H and O–H groups in total. The van der Waals surface area contributed by atoms with Crippen molar-refractivity contribution in [2.45, 2.75) is 5.41 Å². The third-order valence-electron chi connectivity index (χ3n) is 4.92. The lowest BCUT2D eigenvalue weighted by atomic mass is 9.73. The molecule has 116 valence electrons. The summed E-state index contributed by atoms with van der Waals surface area (Å²) >= 11 is 0. The predicted octanol–water partition coefficient (Wildman–Crippen LogP) is 3.78. The molecule has 0 saturated carbocycles. The number of H-pyrrole nitrogens is 2. The molecular weight excluding hydrogens is 298 g/mol. The highest BCUT2D eigenvalue weighted by Crippen LogP contribution is 2.48. The van der Waals surface area contributed by atoms with E-state index >= 15 is 0 Å². The Labute approximate surface area is 138 Å². The van der Waals surface area contributed by atoms with Crippen molar-refractivity contribution in [1.82, 2.24) is 9.97 Å². The third-order valence-corrected chi connectivity index (χ3v) is 4.92. The van der Waals surface area contributed by atoms with Crippen LogP contribution in [0.5, 0.6) is 0 Å². The molecule has 0 aliphatic carbocycles. The molecule has 0 bridgehead atoms. The number of amides is 1. The normalized spacial score (nSPS) is 19.4. The average Bonchev–Trinajstić information content (AvgIpc) is 3.32. The number of aromatic amines is 2. The number of carbonyl (C=O) groups is 1. The van der Waals surface area contributed by atoms with Gasteiger partial charge >= 0.3 is 0 Å². The van der Waals surface area contributed by atoms with Crippen LogP contribution in [0.25, 0.3) is 10.9 Å². The first-order chi connectivity index (χ1) is 11.8. The van der Waals surface area contributed by atoms with E-state index in [1.54, 1.807) is 0 Å². The van der Waals surface area contributed by atoms with E-state index in [9.17, 15) is 4.79 Å². The van der Waals surface area contributed by atoms with Crippen LogP contribution in [0.15, 0.2) is 73.1 Å². The van der Waals surface area contributed by atoms with Crippen LogP contribution in [0, 0.1) is 0 Å². The number of carbonyl (C=O) groups excluding carboxylic acids is 1. The molecular formula is C20H15N3O. The second kappa shape index (κ2) is 4.61. The van der Waals surface area contributed by atoms with Gasteiger partial charge in [-0.15, -0.1) is 0 Å². The Balaban J connectivity index is 1.93. The summed E-state index contributed by atoms with van der Waals surface area (Å²) in [7, 11) is 0. The molecule has 2 aromatic carbocycles. The van der Waals surface area contributed by atoms with Crippen LogP contribution in [0.3, 0.4) is 0 Å². The molecule has 0 spiro atoms. The number of fused-ring (bicyclic) bond motifs is 2. The molecule has 4 aromatic rings. The van der Waals surface area contributed by atoms with Crippen molar-refractivity contribution in [1.29, 1.82) is 0 Å². The van der Waals surface area contributed by atoms with E-state index in [2.05, 4.69) is 21.4 Å². The monoisotopic (exact) mass is 313 g/mol. The van der Waals surface area contributed by atoms with Gasteiger partial charge in [0.05, 0.1) is 0 Å². The Hall–Kier alpha value is -3.27. The quantitative estimate of drug-likeness (QED) is 0.518. The summed E-state index contributed by atoms with van der Waals surface area (Å²) in [6.07, 6.45) is 3.81. The zero-order valence-electron chi connectivity index (χ0n) is 12.8. The molecule has 1 unspecified atom stereocenters. The second-order valence-electron chi connectivity index (χ2n) is 6.08. The fourth-order valence-corrected chi connectivity index (χ4v) is 3.88. The van der Waals surface area contributed by atoms with Gasteiger partial charge in [-0.2, -0.15) is 0 Å². The van der Waals surface area contributed by atoms with Crippen LogP contribution < -0.4 is 5.32 Å². The zero-order chi connectivity index (χ0) is 16.1. The summed E-state index contributed by atoms with van der Waals surface area (Å²) in [4.78, 5) is 19.8. The first kappa shape index (κ1) is 13.2. The van der Waals surface area contributed by atoms with Gasteiger partial charge in [0.25, 0.3) is 0 Å². The van der Waals surface area contributed by atoms with Crippen LogP contribution in [0.4, 0.5) is 5.69 Å². The minimum absolute atomic E-state index is 0.0316. The number of nitrogens with one attached hydrogen (secondary N) is 3. The maximum absolute atomic E-state index is 13.2. The van der Waals surface area contributed by atoms with E-state index in [1.165, 1.54) is 0 Å². The first-order valence-electron chi connectivity index (χ1n) is 7.93. The fourth-order valence-electron chi connectivity index (χ4n) is 3.88. The molecule has 4 heteroatoms. The van der Waals surface area contributed by atoms with Crippen LogP contribution in [0.1, 0.15) is 16.8 Å². The second-order valence-corrected chi connectivity index (χ2v) is 6.08. The summed E-state index contributed by atoms with van der Waals surface area (Å²) < 4.78 is 0. The maximum atomic E-state index is 13.2. The number of benzene rings is 2. The molecule has 24 heavy (non-hydrogen) atoms. The third kappa shape index (κ3) is 1.50. The number of anilines is 1. The summed E-state index contributed by atoms with van der Waals surface area (Å²) in [5, 5.41) is 4.11. The minimum atomic E-state index is -0.875. The fraction of sp³-hybridized carbons (Fsp3) is 0.0500. The molecule has 1 aliphatic rings. The molecule has 3 heterocycles. The highest BCUT2D eigenvalue weighted by atomic mass is 16.2. The summed E-state index contributed by atoms with van der Waals surface area (Å²) in [5.74, 6) is -0.0316. The van der Waals surface area contributed by atoms with Gasteiger partial charge in [0.2, 0.25) is 5.91 Å². The van der Waals surface area contributed by atoms with Crippen LogP contribution in [0.2, 0.25) is 0 Å². The number of aromatic nitrogens is 2. The van der Waals surface area contributed by atoms with Gasteiger partial charge < -0.3 is 15.3 Å². The summed E-state index contributed by atoms with van der Waals surface area (Å²) in [5.41, 5.74) is 3.82. The molecule has 0 saturated heterocycles. The van der Waals surface area contributed by atoms with Crippen molar-refractivity contribution in [2.24, 2.45) is 0 Å². The number of para-hydroxylation sites is 2. The van der Waals surface area contributed by atoms with E-state index in [-0.39, 0.29) is 5.91 Å². The predicted molar refractivity (Wildman–Crippen MR) is 94.0 cm³/mol. The van der Waals surface area contributed by atoms with E-state index < -0.39 is 5.41 Å². The lowest BCUT2D eigenvalue weighted by Crippen LogP contribution is -2.37. The first-order valence-corrected chi connectivity index (χ1v) is 7.93. The average molecular weight is 313 g/mol. The Bertz CT molecular complexity index is 1060. The highest BCUT2D eigenvalue weighted by molar-refractivity contribution is 6.13. The summed E-state index contributed by atoms with van der Waals surface area (Å²) in [6.45, 7) is 0. The van der Waals surface area contributed by atoms with Crippen molar-refractivity contribution >= 4 is 22.5 Å². The van der Waals surface area contributed by atoms with Crippen LogP contribution in [-0.4, -0.2) is 15.9 Å². The van der Waals surface area contributed by atoms with Gasteiger partial charge in [0, 0.05) is 45.8 Å². The molecule has 2 aromatic heterocycles. The van der Waals surface area contributed by atoms with Crippen LogP contribution >= 0.6 is 0 Å². The summed E-state index contributed by atoms with van der Waals surface area (Å²) in [6, 6.07) is 19.9. The number of rotatable bonds is 2. The molecule has 0 fully saturated rings. The van der Waals surface area contributed by atoms with Gasteiger partial charge in [0.15, 0.2) is 0 Å². The largest absolute Gasteiger partial charge is 0.364 e. The maximum Gasteiger partial charge on any atom is 0.245 e. The lowest BCUT2D eigenvalue weighted by molar-refractivity contribution is -0.118. The highest BCUT2D eigenvalue weighted by Gasteiger charge is 2.51. The van der Waals surface area contributed by atoms with Gasteiger partial charge in [-0.3, -0.25) is 4.79 Å². The molecule has 4 nitrogen and oxygen atoms in total.